The number of nitrogens with zero attached hydrogens (tertiary/aromatic N) is 1. The van der Waals surface area contributed by atoms with Gasteiger partial charge >= 0.3 is 0 Å². The van der Waals surface area contributed by atoms with Gasteiger partial charge in [0, 0.05) is 22.4 Å². The van der Waals surface area contributed by atoms with Crippen molar-refractivity contribution in [3.8, 4) is 28.3 Å². The van der Waals surface area contributed by atoms with E-state index >= 15 is 0 Å². The molecule has 0 spiro atoms. The summed E-state index contributed by atoms with van der Waals surface area (Å²) in [5, 5.41) is 5.81. The van der Waals surface area contributed by atoms with Crippen molar-refractivity contribution < 1.29 is 14.3 Å². The Bertz CT molecular complexity index is 1430. The molecule has 0 aliphatic carbocycles. The van der Waals surface area contributed by atoms with Crippen LogP contribution in [-0.4, -0.2) is 23.4 Å². The van der Waals surface area contributed by atoms with Gasteiger partial charge in [0.15, 0.2) is 6.61 Å². The predicted molar refractivity (Wildman–Crippen MR) is 133 cm³/mol. The molecule has 168 valence electrons. The summed E-state index contributed by atoms with van der Waals surface area (Å²) < 4.78 is 5.44. The zero-order valence-electron chi connectivity index (χ0n) is 18.9. The fraction of sp³-hybridized carbons (Fsp3) is 0.107. The zero-order valence-corrected chi connectivity index (χ0v) is 18.9. The molecule has 4 aromatic rings. The Labute approximate surface area is 197 Å². The summed E-state index contributed by atoms with van der Waals surface area (Å²) >= 11 is 0. The monoisotopic (exact) mass is 449 g/mol. The molecule has 2 N–H and O–H groups in total. The summed E-state index contributed by atoms with van der Waals surface area (Å²) in [5.74, 6) is 0.318. The highest BCUT2D eigenvalue weighted by molar-refractivity contribution is 6.04. The van der Waals surface area contributed by atoms with E-state index in [2.05, 4.69) is 10.6 Å². The number of rotatable bonds is 4. The second-order valence-electron chi connectivity index (χ2n) is 8.29. The molecule has 1 aromatic heterocycles. The molecule has 2 amide bonds. The van der Waals surface area contributed by atoms with Crippen LogP contribution in [0.15, 0.2) is 78.9 Å². The lowest BCUT2D eigenvalue weighted by Gasteiger charge is -2.18. The molecule has 0 saturated carbocycles. The standard InChI is InChI=1S/C28H23N3O3/c1-17-9-10-21(13-18(17)2)28(33)29-22-6-3-5-19(14-22)23-7-4-8-24(30-23)20-11-12-26-25(15-20)31-27(32)16-34-26/h3-15H,16H2,1-2H3,(H,29,33)(H,31,32). The van der Waals surface area contributed by atoms with E-state index in [0.29, 0.717) is 22.7 Å². The molecule has 0 bridgehead atoms. The Morgan fingerprint density at radius 2 is 1.65 bits per heavy atom. The first-order valence-corrected chi connectivity index (χ1v) is 11.0. The van der Waals surface area contributed by atoms with Gasteiger partial charge in [-0.1, -0.05) is 24.3 Å². The number of hydrogen-bond acceptors (Lipinski definition) is 4. The third-order valence-corrected chi connectivity index (χ3v) is 5.84. The fourth-order valence-electron chi connectivity index (χ4n) is 3.84. The minimum atomic E-state index is -0.175. The Kier molecular flexibility index (Phi) is 5.55. The molecule has 6 heteroatoms. The number of hydrogen-bond donors (Lipinski definition) is 2. The molecular formula is C28H23N3O3. The first kappa shape index (κ1) is 21.4. The molecule has 34 heavy (non-hydrogen) atoms. The SMILES string of the molecule is Cc1ccc(C(=O)Nc2cccc(-c3cccc(-c4ccc5c(c4)NC(=O)CO5)n3)c2)cc1C. The molecule has 5 rings (SSSR count). The second-order valence-corrected chi connectivity index (χ2v) is 8.29. The molecule has 1 aliphatic heterocycles. The number of fused-ring (bicyclic) bond motifs is 1. The lowest BCUT2D eigenvalue weighted by atomic mass is 10.1. The van der Waals surface area contributed by atoms with Crippen LogP contribution in [0.25, 0.3) is 22.5 Å². The highest BCUT2D eigenvalue weighted by Gasteiger charge is 2.17. The molecule has 1 aliphatic rings. The maximum absolute atomic E-state index is 12.7. The highest BCUT2D eigenvalue weighted by Crippen LogP contribution is 2.33. The van der Waals surface area contributed by atoms with Crippen molar-refractivity contribution in [1.29, 1.82) is 0 Å². The Morgan fingerprint density at radius 3 is 2.44 bits per heavy atom. The van der Waals surface area contributed by atoms with Crippen LogP contribution in [0.3, 0.4) is 0 Å². The number of aryl methyl sites for hydroxylation is 2. The number of carbonyl (C=O) groups excluding carboxylic acids is 2. The second kappa shape index (κ2) is 8.83. The van der Waals surface area contributed by atoms with Crippen molar-refractivity contribution in [3.05, 3.63) is 95.6 Å². The van der Waals surface area contributed by atoms with Crippen molar-refractivity contribution in [2.75, 3.05) is 17.2 Å². The smallest absolute Gasteiger partial charge is 0.262 e. The highest BCUT2D eigenvalue weighted by atomic mass is 16.5. The van der Waals surface area contributed by atoms with Crippen LogP contribution in [0.2, 0.25) is 0 Å². The fourth-order valence-corrected chi connectivity index (χ4v) is 3.84. The van der Waals surface area contributed by atoms with E-state index < -0.39 is 0 Å². The van der Waals surface area contributed by atoms with Crippen LogP contribution >= 0.6 is 0 Å². The van der Waals surface area contributed by atoms with Gasteiger partial charge in [-0.15, -0.1) is 0 Å². The predicted octanol–water partition coefficient (Wildman–Crippen LogP) is 5.62. The van der Waals surface area contributed by atoms with Crippen LogP contribution < -0.4 is 15.4 Å². The Hall–Kier alpha value is -4.45. The van der Waals surface area contributed by atoms with Gasteiger partial charge in [0.2, 0.25) is 0 Å². The van der Waals surface area contributed by atoms with Crippen LogP contribution in [0, 0.1) is 13.8 Å². The van der Waals surface area contributed by atoms with Crippen molar-refractivity contribution in [3.63, 3.8) is 0 Å². The van der Waals surface area contributed by atoms with Crippen LogP contribution in [0.5, 0.6) is 5.75 Å². The number of nitrogens with one attached hydrogen (secondary N) is 2. The first-order valence-electron chi connectivity index (χ1n) is 11.0. The van der Waals surface area contributed by atoms with Crippen LogP contribution in [0.1, 0.15) is 21.5 Å². The van der Waals surface area contributed by atoms with Crippen LogP contribution in [0.4, 0.5) is 11.4 Å². The van der Waals surface area contributed by atoms with E-state index in [1.165, 1.54) is 0 Å². The molecule has 2 heterocycles. The minimum Gasteiger partial charge on any atom is -0.482 e. The number of benzene rings is 3. The number of pyridine rings is 1. The van der Waals surface area contributed by atoms with Gasteiger partial charge in [-0.05, 0) is 79.6 Å². The van der Waals surface area contributed by atoms with E-state index in [1.807, 2.05) is 92.7 Å². The van der Waals surface area contributed by atoms with E-state index in [1.54, 1.807) is 0 Å². The van der Waals surface area contributed by atoms with E-state index in [4.69, 9.17) is 9.72 Å². The number of ether oxygens (including phenoxy) is 1. The lowest BCUT2D eigenvalue weighted by molar-refractivity contribution is -0.118. The van der Waals surface area contributed by atoms with Crippen molar-refractivity contribution in [1.82, 2.24) is 4.98 Å². The molecule has 6 nitrogen and oxygen atoms in total. The summed E-state index contributed by atoms with van der Waals surface area (Å²) in [5.41, 5.74) is 7.48. The topological polar surface area (TPSA) is 80.3 Å². The third kappa shape index (κ3) is 4.38. The molecule has 0 fully saturated rings. The summed E-state index contributed by atoms with van der Waals surface area (Å²) in [6, 6.07) is 24.7. The normalized spacial score (nSPS) is 12.4. The first-order chi connectivity index (χ1) is 16.5. The van der Waals surface area contributed by atoms with Gasteiger partial charge in [-0.3, -0.25) is 9.59 Å². The van der Waals surface area contributed by atoms with Crippen molar-refractivity contribution in [2.45, 2.75) is 13.8 Å². The van der Waals surface area contributed by atoms with Gasteiger partial charge in [0.05, 0.1) is 17.1 Å². The molecule has 0 saturated heterocycles. The van der Waals surface area contributed by atoms with Gasteiger partial charge in [-0.2, -0.15) is 0 Å². The molecule has 3 aromatic carbocycles. The van der Waals surface area contributed by atoms with Gasteiger partial charge in [0.1, 0.15) is 5.75 Å². The maximum Gasteiger partial charge on any atom is 0.262 e. The summed E-state index contributed by atoms with van der Waals surface area (Å²) in [6.07, 6.45) is 0. The van der Waals surface area contributed by atoms with E-state index in [-0.39, 0.29) is 18.4 Å². The summed E-state index contributed by atoms with van der Waals surface area (Å²) in [6.45, 7) is 4.04. The zero-order chi connectivity index (χ0) is 23.7. The van der Waals surface area contributed by atoms with E-state index in [9.17, 15) is 9.59 Å². The van der Waals surface area contributed by atoms with Gasteiger partial charge in [-0.25, -0.2) is 4.98 Å². The van der Waals surface area contributed by atoms with Crippen LogP contribution in [-0.2, 0) is 4.79 Å². The number of carbonyl (C=O) groups is 2. The molecule has 0 unspecified atom stereocenters. The largest absolute Gasteiger partial charge is 0.482 e. The average molecular weight is 450 g/mol. The average Bonchev–Trinajstić information content (AvgIpc) is 2.85. The molecular weight excluding hydrogens is 426 g/mol. The molecule has 0 atom stereocenters. The van der Waals surface area contributed by atoms with Crippen molar-refractivity contribution in [2.24, 2.45) is 0 Å². The van der Waals surface area contributed by atoms with Gasteiger partial charge in [0.25, 0.3) is 11.8 Å². The lowest BCUT2D eigenvalue weighted by Crippen LogP contribution is -2.25. The molecule has 0 radical (unpaired) electrons. The number of amides is 2. The van der Waals surface area contributed by atoms with E-state index in [0.717, 1.165) is 33.6 Å². The maximum atomic E-state index is 12.7. The quantitative estimate of drug-likeness (QED) is 0.424. The number of aromatic nitrogens is 1. The third-order valence-electron chi connectivity index (χ3n) is 5.84. The summed E-state index contributed by atoms with van der Waals surface area (Å²) in [7, 11) is 0. The Morgan fingerprint density at radius 1 is 0.882 bits per heavy atom. The number of anilines is 2. The van der Waals surface area contributed by atoms with Gasteiger partial charge < -0.3 is 15.4 Å². The Balaban J connectivity index is 1.40. The van der Waals surface area contributed by atoms with Crippen molar-refractivity contribution >= 4 is 23.2 Å². The summed E-state index contributed by atoms with van der Waals surface area (Å²) in [4.78, 5) is 29.2. The minimum absolute atomic E-state index is 0.0243.